The molecule has 0 amide bonds. The second-order valence-electron chi connectivity index (χ2n) is 6.32. The van der Waals surface area contributed by atoms with Crippen molar-refractivity contribution in [2.24, 2.45) is 0 Å². The van der Waals surface area contributed by atoms with Crippen molar-refractivity contribution >= 4 is 5.97 Å². The van der Waals surface area contributed by atoms with Crippen LogP contribution in [0.4, 0.5) is 0 Å². The molecule has 144 valence electrons. The first kappa shape index (κ1) is 17.9. The number of nitrogens with zero attached hydrogens (tertiary/aromatic N) is 1. The van der Waals surface area contributed by atoms with Crippen molar-refractivity contribution in [3.8, 4) is 28.7 Å². The summed E-state index contributed by atoms with van der Waals surface area (Å²) in [5.74, 6) is 2.32. The van der Waals surface area contributed by atoms with Crippen molar-refractivity contribution < 1.29 is 28.5 Å². The first-order valence-electron chi connectivity index (χ1n) is 8.94. The number of oxazole rings is 1. The molecule has 0 fully saturated rings. The molecular formula is C21H19NO6. The number of carboxylic acid groups (broad SMARTS) is 1. The maximum absolute atomic E-state index is 10.9. The Kier molecular flexibility index (Phi) is 4.89. The zero-order valence-electron chi connectivity index (χ0n) is 15.3. The van der Waals surface area contributed by atoms with Gasteiger partial charge in [0.2, 0.25) is 12.7 Å². The van der Waals surface area contributed by atoms with Crippen LogP contribution in [0, 0.1) is 0 Å². The molecule has 0 unspecified atom stereocenters. The monoisotopic (exact) mass is 381 g/mol. The van der Waals surface area contributed by atoms with Crippen molar-refractivity contribution in [3.05, 3.63) is 59.5 Å². The summed E-state index contributed by atoms with van der Waals surface area (Å²) in [6.07, 6.45) is 0.630. The minimum atomic E-state index is -0.879. The first-order valence-corrected chi connectivity index (χ1v) is 8.94. The Morgan fingerprint density at radius 2 is 2.04 bits per heavy atom. The fraction of sp³-hybridized carbons (Fsp3) is 0.238. The lowest BCUT2D eigenvalue weighted by Gasteiger charge is -2.06. The molecule has 0 bridgehead atoms. The summed E-state index contributed by atoms with van der Waals surface area (Å²) in [6, 6.07) is 12.6. The Labute approximate surface area is 161 Å². The lowest BCUT2D eigenvalue weighted by molar-refractivity contribution is -0.136. The van der Waals surface area contributed by atoms with Gasteiger partial charge >= 0.3 is 5.97 Å². The number of hydrogen-bond acceptors (Lipinski definition) is 6. The number of fused-ring (bicyclic) bond motifs is 1. The van der Waals surface area contributed by atoms with Gasteiger partial charge in [0.25, 0.3) is 0 Å². The number of aliphatic carboxylic acids is 1. The van der Waals surface area contributed by atoms with E-state index in [2.05, 4.69) is 4.98 Å². The quantitative estimate of drug-likeness (QED) is 0.665. The summed E-state index contributed by atoms with van der Waals surface area (Å²) >= 11 is 0. The average Bonchev–Trinajstić information content (AvgIpc) is 3.32. The third-order valence-corrected chi connectivity index (χ3v) is 4.35. The maximum atomic E-state index is 10.9. The summed E-state index contributed by atoms with van der Waals surface area (Å²) < 4.78 is 22.5. The van der Waals surface area contributed by atoms with Gasteiger partial charge in [-0.15, -0.1) is 0 Å². The predicted molar refractivity (Wildman–Crippen MR) is 99.6 cm³/mol. The van der Waals surface area contributed by atoms with E-state index in [0.717, 1.165) is 11.3 Å². The smallest absolute Gasteiger partial charge is 0.307 e. The van der Waals surface area contributed by atoms with Crippen LogP contribution in [0.5, 0.6) is 17.2 Å². The number of aromatic nitrogens is 1. The number of carboxylic acids is 1. The van der Waals surface area contributed by atoms with Crippen LogP contribution in [0.1, 0.15) is 23.9 Å². The minimum Gasteiger partial charge on any atom is -0.487 e. The van der Waals surface area contributed by atoms with Gasteiger partial charge < -0.3 is 23.7 Å². The van der Waals surface area contributed by atoms with Gasteiger partial charge in [-0.1, -0.05) is 19.1 Å². The lowest BCUT2D eigenvalue weighted by atomic mass is 10.1. The van der Waals surface area contributed by atoms with E-state index >= 15 is 0 Å². The van der Waals surface area contributed by atoms with E-state index in [-0.39, 0.29) is 19.8 Å². The van der Waals surface area contributed by atoms with Gasteiger partial charge in [-0.3, -0.25) is 4.79 Å². The molecule has 0 saturated carbocycles. The highest BCUT2D eigenvalue weighted by atomic mass is 16.7. The topological polar surface area (TPSA) is 91.0 Å². The van der Waals surface area contributed by atoms with Crippen molar-refractivity contribution in [2.75, 3.05) is 6.79 Å². The molecular weight excluding hydrogens is 362 g/mol. The molecule has 0 atom stereocenters. The predicted octanol–water partition coefficient (Wildman–Crippen LogP) is 3.84. The Hall–Kier alpha value is -3.48. The third kappa shape index (κ3) is 3.78. The Morgan fingerprint density at radius 3 is 2.86 bits per heavy atom. The largest absolute Gasteiger partial charge is 0.487 e. The second-order valence-corrected chi connectivity index (χ2v) is 6.32. The fourth-order valence-corrected chi connectivity index (χ4v) is 3.00. The van der Waals surface area contributed by atoms with Crippen LogP contribution in [-0.2, 0) is 24.2 Å². The number of carbonyl (C=O) groups is 1. The van der Waals surface area contributed by atoms with Gasteiger partial charge in [-0.05, 0) is 35.9 Å². The highest BCUT2D eigenvalue weighted by Crippen LogP contribution is 2.36. The van der Waals surface area contributed by atoms with E-state index in [9.17, 15) is 4.79 Å². The van der Waals surface area contributed by atoms with Gasteiger partial charge in [0.15, 0.2) is 11.5 Å². The van der Waals surface area contributed by atoms with E-state index in [4.69, 9.17) is 23.7 Å². The molecule has 1 N–H and O–H groups in total. The van der Waals surface area contributed by atoms with Crippen LogP contribution in [0.2, 0.25) is 0 Å². The van der Waals surface area contributed by atoms with Crippen molar-refractivity contribution in [3.63, 3.8) is 0 Å². The van der Waals surface area contributed by atoms with Gasteiger partial charge in [0, 0.05) is 12.0 Å². The lowest BCUT2D eigenvalue weighted by Crippen LogP contribution is -2.02. The van der Waals surface area contributed by atoms with E-state index < -0.39 is 5.97 Å². The third-order valence-electron chi connectivity index (χ3n) is 4.35. The van der Waals surface area contributed by atoms with Gasteiger partial charge in [-0.2, -0.15) is 0 Å². The zero-order chi connectivity index (χ0) is 19.5. The van der Waals surface area contributed by atoms with Crippen LogP contribution in [0.3, 0.4) is 0 Å². The molecule has 28 heavy (non-hydrogen) atoms. The van der Waals surface area contributed by atoms with Gasteiger partial charge in [-0.25, -0.2) is 4.98 Å². The van der Waals surface area contributed by atoms with Crippen LogP contribution in [0.15, 0.2) is 46.9 Å². The molecule has 3 aromatic rings. The zero-order valence-corrected chi connectivity index (χ0v) is 15.3. The summed E-state index contributed by atoms with van der Waals surface area (Å²) in [4.78, 5) is 15.5. The molecule has 4 rings (SSSR count). The van der Waals surface area contributed by atoms with Crippen LogP contribution < -0.4 is 14.2 Å². The Bertz CT molecular complexity index is 1010. The molecule has 7 nitrogen and oxygen atoms in total. The highest BCUT2D eigenvalue weighted by molar-refractivity contribution is 5.70. The second kappa shape index (κ2) is 7.64. The standard InChI is InChI=1S/C21H19NO6/c1-2-17-16(11-25-15-5-3-4-13(8-15)9-20(23)24)22-21(28-17)14-6-7-18-19(10-14)27-12-26-18/h3-8,10H,2,9,11-12H2,1H3,(H,23,24). The Morgan fingerprint density at radius 1 is 1.18 bits per heavy atom. The number of ether oxygens (including phenoxy) is 3. The number of hydrogen-bond donors (Lipinski definition) is 1. The SMILES string of the molecule is CCc1oc(-c2ccc3c(c2)OCO3)nc1COc1cccc(CC(=O)O)c1. The molecule has 0 radical (unpaired) electrons. The minimum absolute atomic E-state index is 0.0460. The van der Waals surface area contributed by atoms with E-state index in [1.54, 1.807) is 24.3 Å². The number of benzene rings is 2. The number of aryl methyl sites for hydroxylation is 1. The average molecular weight is 381 g/mol. The Balaban J connectivity index is 1.52. The molecule has 7 heteroatoms. The van der Waals surface area contributed by atoms with Crippen molar-refractivity contribution in [1.29, 1.82) is 0 Å². The van der Waals surface area contributed by atoms with Crippen LogP contribution >= 0.6 is 0 Å². The summed E-state index contributed by atoms with van der Waals surface area (Å²) in [7, 11) is 0. The van der Waals surface area contributed by atoms with E-state index in [1.165, 1.54) is 0 Å². The number of rotatable bonds is 7. The molecule has 1 aliphatic rings. The maximum Gasteiger partial charge on any atom is 0.307 e. The highest BCUT2D eigenvalue weighted by Gasteiger charge is 2.18. The first-order chi connectivity index (χ1) is 13.6. The molecule has 0 aliphatic carbocycles. The van der Waals surface area contributed by atoms with Crippen molar-refractivity contribution in [1.82, 2.24) is 4.98 Å². The van der Waals surface area contributed by atoms with Gasteiger partial charge in [0.05, 0.1) is 6.42 Å². The van der Waals surface area contributed by atoms with E-state index in [0.29, 0.717) is 40.8 Å². The van der Waals surface area contributed by atoms with E-state index in [1.807, 2.05) is 25.1 Å². The van der Waals surface area contributed by atoms with Crippen molar-refractivity contribution in [2.45, 2.75) is 26.4 Å². The normalized spacial score (nSPS) is 12.2. The molecule has 2 aromatic carbocycles. The fourth-order valence-electron chi connectivity index (χ4n) is 3.00. The summed E-state index contributed by atoms with van der Waals surface area (Å²) in [5, 5.41) is 8.92. The summed E-state index contributed by atoms with van der Waals surface area (Å²) in [5.41, 5.74) is 2.19. The van der Waals surface area contributed by atoms with Crippen LogP contribution in [-0.4, -0.2) is 22.9 Å². The molecule has 1 aromatic heterocycles. The van der Waals surface area contributed by atoms with Gasteiger partial charge in [0.1, 0.15) is 23.8 Å². The van der Waals surface area contributed by atoms with Crippen LogP contribution in [0.25, 0.3) is 11.5 Å². The molecule has 2 heterocycles. The molecule has 0 spiro atoms. The molecule has 1 aliphatic heterocycles. The summed E-state index contributed by atoms with van der Waals surface area (Å²) in [6.45, 7) is 2.43. The molecule has 0 saturated heterocycles.